The highest BCUT2D eigenvalue weighted by molar-refractivity contribution is 5.97. The number of amides is 2. The van der Waals surface area contributed by atoms with Gasteiger partial charge in [0.05, 0.1) is 6.54 Å². The van der Waals surface area contributed by atoms with E-state index in [1.807, 2.05) is 12.1 Å². The molecule has 0 saturated carbocycles. The number of carbonyl (C=O) groups is 2. The summed E-state index contributed by atoms with van der Waals surface area (Å²) in [5, 5.41) is 2.93. The van der Waals surface area contributed by atoms with Crippen molar-refractivity contribution in [1.29, 1.82) is 0 Å². The van der Waals surface area contributed by atoms with E-state index in [4.69, 9.17) is 0 Å². The van der Waals surface area contributed by atoms with Crippen LogP contribution in [-0.4, -0.2) is 28.7 Å². The van der Waals surface area contributed by atoms with Crippen molar-refractivity contribution in [2.75, 3.05) is 12.4 Å². The molecule has 0 atom stereocenters. The summed E-state index contributed by atoms with van der Waals surface area (Å²) in [6, 6.07) is 3.66. The first-order valence-electron chi connectivity index (χ1n) is 5.66. The van der Waals surface area contributed by atoms with Crippen LogP contribution in [0.4, 0.5) is 5.82 Å². The molecule has 0 aromatic carbocycles. The Morgan fingerprint density at radius 2 is 2.06 bits per heavy atom. The predicted octanol–water partition coefficient (Wildman–Crippen LogP) is 1.16. The Morgan fingerprint density at radius 1 is 1.35 bits per heavy atom. The van der Waals surface area contributed by atoms with Gasteiger partial charge in [0.25, 0.3) is 0 Å². The number of nitrogens with one attached hydrogen (secondary N) is 1. The van der Waals surface area contributed by atoms with Crippen molar-refractivity contribution < 1.29 is 9.59 Å². The van der Waals surface area contributed by atoms with Crippen molar-refractivity contribution in [3.8, 4) is 0 Å². The molecule has 1 aromatic rings. The lowest BCUT2D eigenvalue weighted by Crippen LogP contribution is -2.39. The highest BCUT2D eigenvalue weighted by Gasteiger charge is 2.25. The summed E-state index contributed by atoms with van der Waals surface area (Å²) in [5.74, 6) is 0.576. The second kappa shape index (κ2) is 4.95. The zero-order valence-electron chi connectivity index (χ0n) is 9.77. The molecule has 2 rings (SSSR count). The van der Waals surface area contributed by atoms with Crippen LogP contribution in [-0.2, 0) is 16.1 Å². The van der Waals surface area contributed by atoms with Crippen LogP contribution in [0.1, 0.15) is 24.8 Å². The number of nitrogens with zero attached hydrogens (tertiary/aromatic N) is 2. The molecule has 0 bridgehead atoms. The number of hydrogen-bond acceptors (Lipinski definition) is 4. The molecule has 1 saturated heterocycles. The van der Waals surface area contributed by atoms with Crippen molar-refractivity contribution in [3.05, 3.63) is 23.9 Å². The lowest BCUT2D eigenvalue weighted by molar-refractivity contribution is -0.148. The first-order valence-corrected chi connectivity index (χ1v) is 5.66. The van der Waals surface area contributed by atoms with Gasteiger partial charge in [0.15, 0.2) is 0 Å². The Hall–Kier alpha value is -1.91. The third-order valence-corrected chi connectivity index (χ3v) is 2.80. The fraction of sp³-hybridized carbons (Fsp3) is 0.417. The van der Waals surface area contributed by atoms with Crippen LogP contribution < -0.4 is 5.32 Å². The van der Waals surface area contributed by atoms with E-state index in [-0.39, 0.29) is 11.8 Å². The van der Waals surface area contributed by atoms with Crippen molar-refractivity contribution >= 4 is 17.6 Å². The zero-order chi connectivity index (χ0) is 12.3. The lowest BCUT2D eigenvalue weighted by atomic mass is 10.1. The summed E-state index contributed by atoms with van der Waals surface area (Å²) in [4.78, 5) is 28.7. The fourth-order valence-corrected chi connectivity index (χ4v) is 1.87. The number of likely N-dealkylation sites (tertiary alicyclic amines) is 1. The van der Waals surface area contributed by atoms with Crippen LogP contribution >= 0.6 is 0 Å². The number of pyridine rings is 1. The molecule has 5 nitrogen and oxygen atoms in total. The second-order valence-electron chi connectivity index (χ2n) is 4.03. The number of aromatic nitrogens is 1. The molecule has 0 radical (unpaired) electrons. The van der Waals surface area contributed by atoms with Gasteiger partial charge in [0, 0.05) is 26.1 Å². The number of rotatable bonds is 3. The Kier molecular flexibility index (Phi) is 3.37. The number of anilines is 1. The van der Waals surface area contributed by atoms with Crippen LogP contribution in [0.25, 0.3) is 0 Å². The fourth-order valence-electron chi connectivity index (χ4n) is 1.87. The minimum atomic E-state index is -0.0796. The van der Waals surface area contributed by atoms with Crippen LogP contribution in [0.15, 0.2) is 18.3 Å². The highest BCUT2D eigenvalue weighted by atomic mass is 16.2. The molecular formula is C12H15N3O2. The summed E-state index contributed by atoms with van der Waals surface area (Å²) in [5.41, 5.74) is 0.910. The van der Waals surface area contributed by atoms with Gasteiger partial charge in [0.1, 0.15) is 5.82 Å². The molecule has 5 heteroatoms. The SMILES string of the molecule is CNc1cc(CN2C(=O)CCCC2=O)ccn1. The number of carbonyl (C=O) groups excluding carboxylic acids is 2. The van der Waals surface area contributed by atoms with Crippen LogP contribution in [0.2, 0.25) is 0 Å². The first-order chi connectivity index (χ1) is 8.20. The average molecular weight is 233 g/mol. The minimum absolute atomic E-state index is 0.0796. The van der Waals surface area contributed by atoms with E-state index < -0.39 is 0 Å². The molecule has 1 fully saturated rings. The number of hydrogen-bond donors (Lipinski definition) is 1. The van der Waals surface area contributed by atoms with Gasteiger partial charge in [-0.1, -0.05) is 0 Å². The zero-order valence-corrected chi connectivity index (χ0v) is 9.77. The van der Waals surface area contributed by atoms with E-state index >= 15 is 0 Å². The van der Waals surface area contributed by atoms with Gasteiger partial charge in [-0.25, -0.2) is 4.98 Å². The summed E-state index contributed by atoms with van der Waals surface area (Å²) < 4.78 is 0. The van der Waals surface area contributed by atoms with Crippen LogP contribution in [0.3, 0.4) is 0 Å². The second-order valence-corrected chi connectivity index (χ2v) is 4.03. The van der Waals surface area contributed by atoms with E-state index in [0.29, 0.717) is 25.8 Å². The third-order valence-electron chi connectivity index (χ3n) is 2.80. The minimum Gasteiger partial charge on any atom is -0.373 e. The molecule has 1 N–H and O–H groups in total. The molecule has 90 valence electrons. The summed E-state index contributed by atoms with van der Waals surface area (Å²) in [6.45, 7) is 0.342. The Bertz CT molecular complexity index is 429. The van der Waals surface area contributed by atoms with Crippen molar-refractivity contribution in [2.24, 2.45) is 0 Å². The average Bonchev–Trinajstić information content (AvgIpc) is 2.34. The maximum Gasteiger partial charge on any atom is 0.229 e. The summed E-state index contributed by atoms with van der Waals surface area (Å²) in [6.07, 6.45) is 3.28. The normalized spacial score (nSPS) is 16.2. The van der Waals surface area contributed by atoms with E-state index in [1.54, 1.807) is 13.2 Å². The van der Waals surface area contributed by atoms with E-state index in [2.05, 4.69) is 10.3 Å². The Morgan fingerprint density at radius 3 is 2.71 bits per heavy atom. The first kappa shape index (κ1) is 11.6. The highest BCUT2D eigenvalue weighted by Crippen LogP contribution is 2.16. The van der Waals surface area contributed by atoms with Crippen molar-refractivity contribution in [1.82, 2.24) is 9.88 Å². The molecule has 17 heavy (non-hydrogen) atoms. The monoisotopic (exact) mass is 233 g/mol. The topological polar surface area (TPSA) is 62.3 Å². The number of piperidine rings is 1. The van der Waals surface area contributed by atoms with E-state index in [0.717, 1.165) is 11.4 Å². The molecule has 0 unspecified atom stereocenters. The molecule has 1 aromatic heterocycles. The molecule has 0 aliphatic carbocycles. The van der Waals surface area contributed by atoms with E-state index in [9.17, 15) is 9.59 Å². The standard InChI is InChI=1S/C12H15N3O2/c1-13-10-7-9(5-6-14-10)8-15-11(16)3-2-4-12(15)17/h5-7H,2-4,8H2,1H3,(H,13,14). The molecule has 0 spiro atoms. The van der Waals surface area contributed by atoms with Crippen LogP contribution in [0.5, 0.6) is 0 Å². The van der Waals surface area contributed by atoms with Crippen molar-refractivity contribution in [2.45, 2.75) is 25.8 Å². The number of imide groups is 1. The van der Waals surface area contributed by atoms with Crippen LogP contribution in [0, 0.1) is 0 Å². The van der Waals surface area contributed by atoms with Gasteiger partial charge in [-0.05, 0) is 24.1 Å². The lowest BCUT2D eigenvalue weighted by Gasteiger charge is -2.24. The van der Waals surface area contributed by atoms with Gasteiger partial charge >= 0.3 is 0 Å². The summed E-state index contributed by atoms with van der Waals surface area (Å²) in [7, 11) is 1.78. The molecule has 2 heterocycles. The quantitative estimate of drug-likeness (QED) is 0.796. The van der Waals surface area contributed by atoms with Crippen molar-refractivity contribution in [3.63, 3.8) is 0 Å². The van der Waals surface area contributed by atoms with E-state index in [1.165, 1.54) is 4.90 Å². The largest absolute Gasteiger partial charge is 0.373 e. The molecule has 1 aliphatic heterocycles. The smallest absolute Gasteiger partial charge is 0.229 e. The van der Waals surface area contributed by atoms with Gasteiger partial charge < -0.3 is 5.32 Å². The summed E-state index contributed by atoms with van der Waals surface area (Å²) >= 11 is 0. The molecule has 2 amide bonds. The Balaban J connectivity index is 2.13. The molecular weight excluding hydrogens is 218 g/mol. The molecule has 1 aliphatic rings. The maximum atomic E-state index is 11.6. The van der Waals surface area contributed by atoms with Gasteiger partial charge in [0.2, 0.25) is 11.8 Å². The van der Waals surface area contributed by atoms with Gasteiger partial charge in [-0.3, -0.25) is 14.5 Å². The Labute approximate surface area is 99.8 Å². The maximum absolute atomic E-state index is 11.6. The predicted molar refractivity (Wildman–Crippen MR) is 63.2 cm³/mol. The van der Waals surface area contributed by atoms with Gasteiger partial charge in [-0.15, -0.1) is 0 Å². The van der Waals surface area contributed by atoms with Gasteiger partial charge in [-0.2, -0.15) is 0 Å². The third kappa shape index (κ3) is 2.61.